The predicted molar refractivity (Wildman–Crippen MR) is 66.2 cm³/mol. The van der Waals surface area contributed by atoms with Crippen molar-refractivity contribution in [3.63, 3.8) is 0 Å². The van der Waals surface area contributed by atoms with Gasteiger partial charge in [-0.25, -0.2) is 4.39 Å². The first kappa shape index (κ1) is 11.9. The topological polar surface area (TPSA) is 30.5 Å². The molecule has 1 unspecified atom stereocenters. The molecule has 1 aromatic rings. The first-order chi connectivity index (χ1) is 8.65. The van der Waals surface area contributed by atoms with Crippen LogP contribution in [-0.2, 0) is 4.74 Å². The highest BCUT2D eigenvalue weighted by Gasteiger charge is 2.50. The van der Waals surface area contributed by atoms with Crippen LogP contribution < -0.4 is 10.1 Å². The molecule has 0 aromatic heterocycles. The van der Waals surface area contributed by atoms with Crippen LogP contribution in [0.25, 0.3) is 0 Å². The van der Waals surface area contributed by atoms with Gasteiger partial charge in [-0.1, -0.05) is 0 Å². The Morgan fingerprint density at radius 2 is 2.17 bits per heavy atom. The van der Waals surface area contributed by atoms with Crippen LogP contribution in [0.1, 0.15) is 30.9 Å². The number of hydrogen-bond acceptors (Lipinski definition) is 3. The van der Waals surface area contributed by atoms with E-state index in [1.54, 1.807) is 19.2 Å². The molecular weight excluding hydrogens is 233 g/mol. The van der Waals surface area contributed by atoms with Crippen molar-refractivity contribution >= 4 is 0 Å². The summed E-state index contributed by atoms with van der Waals surface area (Å²) in [7, 11) is 3.64. The molecule has 0 amide bonds. The van der Waals surface area contributed by atoms with E-state index in [0.717, 1.165) is 30.6 Å². The zero-order chi connectivity index (χ0) is 12.8. The Morgan fingerprint density at radius 3 is 2.83 bits per heavy atom. The van der Waals surface area contributed by atoms with Gasteiger partial charge >= 0.3 is 0 Å². The number of fused-ring (bicyclic) bond motifs is 1. The van der Waals surface area contributed by atoms with Gasteiger partial charge in [0.05, 0.1) is 6.10 Å². The lowest BCUT2D eigenvalue weighted by molar-refractivity contribution is -0.125. The van der Waals surface area contributed by atoms with Crippen molar-refractivity contribution in [3.8, 4) is 5.75 Å². The molecule has 4 heteroatoms. The summed E-state index contributed by atoms with van der Waals surface area (Å²) in [6.07, 6.45) is 3.00. The summed E-state index contributed by atoms with van der Waals surface area (Å²) < 4.78 is 24.7. The molecule has 1 aromatic carbocycles. The molecular formula is C14H18FNO2. The number of ether oxygens (including phenoxy) is 2. The first-order valence-corrected chi connectivity index (χ1v) is 6.34. The van der Waals surface area contributed by atoms with Gasteiger partial charge in [-0.15, -0.1) is 0 Å². The van der Waals surface area contributed by atoms with Crippen LogP contribution in [-0.4, -0.2) is 25.9 Å². The number of nitrogens with one attached hydrogen (secondary N) is 1. The first-order valence-electron chi connectivity index (χ1n) is 6.34. The lowest BCUT2D eigenvalue weighted by Crippen LogP contribution is -2.55. The molecule has 3 rings (SSSR count). The van der Waals surface area contributed by atoms with Gasteiger partial charge in [-0.2, -0.15) is 0 Å². The normalized spacial score (nSPS) is 33.7. The molecule has 0 radical (unpaired) electrons. The Bertz CT molecular complexity index is 457. The number of rotatable bonds is 2. The van der Waals surface area contributed by atoms with Crippen LogP contribution in [0.2, 0.25) is 0 Å². The fraction of sp³-hybridized carbons (Fsp3) is 0.571. The third-order valence-corrected chi connectivity index (χ3v) is 4.13. The van der Waals surface area contributed by atoms with E-state index in [9.17, 15) is 4.39 Å². The Morgan fingerprint density at radius 1 is 1.39 bits per heavy atom. The van der Waals surface area contributed by atoms with Crippen molar-refractivity contribution in [2.45, 2.75) is 37.0 Å². The van der Waals surface area contributed by atoms with Crippen LogP contribution in [0.5, 0.6) is 5.75 Å². The summed E-state index contributed by atoms with van der Waals surface area (Å²) in [5.41, 5.74) is 0.795. The second-order valence-corrected chi connectivity index (χ2v) is 5.28. The minimum absolute atomic E-state index is 0.126. The van der Waals surface area contributed by atoms with Gasteiger partial charge in [0.1, 0.15) is 17.2 Å². The zero-order valence-electron chi connectivity index (χ0n) is 10.7. The predicted octanol–water partition coefficient (Wildman–Crippen LogP) is 2.42. The molecule has 3 nitrogen and oxygen atoms in total. The minimum atomic E-state index is -0.211. The number of benzene rings is 1. The van der Waals surface area contributed by atoms with Gasteiger partial charge in [0.15, 0.2) is 0 Å². The van der Waals surface area contributed by atoms with E-state index in [4.69, 9.17) is 9.47 Å². The Labute approximate surface area is 106 Å². The van der Waals surface area contributed by atoms with Crippen LogP contribution in [0.4, 0.5) is 4.39 Å². The highest BCUT2D eigenvalue weighted by molar-refractivity contribution is 5.40. The number of halogens is 1. The summed E-state index contributed by atoms with van der Waals surface area (Å²) in [5, 5.41) is 3.26. The van der Waals surface area contributed by atoms with Crippen LogP contribution in [0.15, 0.2) is 18.2 Å². The van der Waals surface area contributed by atoms with Gasteiger partial charge in [0, 0.05) is 38.0 Å². The van der Waals surface area contributed by atoms with Crippen LogP contribution in [0.3, 0.4) is 0 Å². The summed E-state index contributed by atoms with van der Waals surface area (Å²) in [6, 6.07) is 4.91. The third kappa shape index (κ3) is 1.80. The van der Waals surface area contributed by atoms with E-state index >= 15 is 0 Å². The molecule has 1 fully saturated rings. The van der Waals surface area contributed by atoms with Crippen molar-refractivity contribution in [1.82, 2.24) is 5.32 Å². The largest absolute Gasteiger partial charge is 0.487 e. The molecule has 1 N–H and O–H groups in total. The van der Waals surface area contributed by atoms with E-state index in [1.165, 1.54) is 6.07 Å². The second-order valence-electron chi connectivity index (χ2n) is 5.28. The average Bonchev–Trinajstić information content (AvgIpc) is 2.34. The number of methoxy groups -OCH3 is 1. The molecule has 0 bridgehead atoms. The molecule has 1 atom stereocenters. The van der Waals surface area contributed by atoms with Crippen molar-refractivity contribution in [2.75, 3.05) is 14.2 Å². The van der Waals surface area contributed by atoms with Crippen molar-refractivity contribution in [3.05, 3.63) is 29.6 Å². The zero-order valence-corrected chi connectivity index (χ0v) is 10.7. The summed E-state index contributed by atoms with van der Waals surface area (Å²) in [6.45, 7) is 0. The monoisotopic (exact) mass is 251 g/mol. The third-order valence-electron chi connectivity index (χ3n) is 4.13. The standard InChI is InChI=1S/C14H18FNO2/c1-16-12-8-14(6-10(7-14)17-2)18-13-4-3-9(15)5-11(12)13/h3-5,10,12,16H,6-8H2,1-2H3. The maximum absolute atomic E-state index is 13.3. The Kier molecular flexibility index (Phi) is 2.79. The lowest BCUT2D eigenvalue weighted by Gasteiger charge is -2.51. The summed E-state index contributed by atoms with van der Waals surface area (Å²) in [4.78, 5) is 0. The molecule has 1 saturated carbocycles. The van der Waals surface area contributed by atoms with Crippen molar-refractivity contribution in [2.24, 2.45) is 0 Å². The maximum atomic E-state index is 13.3. The van der Waals surface area contributed by atoms with Crippen LogP contribution >= 0.6 is 0 Å². The van der Waals surface area contributed by atoms with Crippen molar-refractivity contribution < 1.29 is 13.9 Å². The Hall–Kier alpha value is -1.13. The lowest BCUT2D eigenvalue weighted by atomic mass is 9.71. The maximum Gasteiger partial charge on any atom is 0.125 e. The van der Waals surface area contributed by atoms with Crippen LogP contribution in [0, 0.1) is 5.82 Å². The van der Waals surface area contributed by atoms with E-state index in [0.29, 0.717) is 6.10 Å². The second kappa shape index (κ2) is 4.21. The smallest absolute Gasteiger partial charge is 0.125 e. The van der Waals surface area contributed by atoms with Gasteiger partial charge in [0.2, 0.25) is 0 Å². The Balaban J connectivity index is 1.89. The molecule has 1 spiro atoms. The molecule has 0 saturated heterocycles. The van der Waals surface area contributed by atoms with E-state index < -0.39 is 0 Å². The van der Waals surface area contributed by atoms with E-state index in [-0.39, 0.29) is 17.5 Å². The SMILES string of the molecule is CNC1CC2(CC(OC)C2)Oc2ccc(F)cc21. The molecule has 2 aliphatic rings. The van der Waals surface area contributed by atoms with Gasteiger partial charge in [-0.05, 0) is 25.2 Å². The number of hydrogen-bond donors (Lipinski definition) is 1. The molecule has 18 heavy (non-hydrogen) atoms. The highest BCUT2D eigenvalue weighted by atomic mass is 19.1. The molecule has 1 aliphatic carbocycles. The fourth-order valence-corrected chi connectivity index (χ4v) is 3.09. The van der Waals surface area contributed by atoms with E-state index in [2.05, 4.69) is 5.32 Å². The van der Waals surface area contributed by atoms with Gasteiger partial charge in [-0.3, -0.25) is 0 Å². The van der Waals surface area contributed by atoms with Gasteiger partial charge in [0.25, 0.3) is 0 Å². The highest BCUT2D eigenvalue weighted by Crippen LogP contribution is 2.49. The minimum Gasteiger partial charge on any atom is -0.487 e. The van der Waals surface area contributed by atoms with Crippen molar-refractivity contribution in [1.29, 1.82) is 0 Å². The van der Waals surface area contributed by atoms with E-state index in [1.807, 2.05) is 7.05 Å². The molecule has 1 aliphatic heterocycles. The molecule has 98 valence electrons. The quantitative estimate of drug-likeness (QED) is 0.875. The van der Waals surface area contributed by atoms with Gasteiger partial charge < -0.3 is 14.8 Å². The average molecular weight is 251 g/mol. The molecule has 1 heterocycles. The summed E-state index contributed by atoms with van der Waals surface area (Å²) in [5.74, 6) is 0.591. The summed E-state index contributed by atoms with van der Waals surface area (Å²) >= 11 is 0. The fourth-order valence-electron chi connectivity index (χ4n) is 3.09.